The van der Waals surface area contributed by atoms with Gasteiger partial charge >= 0.3 is 0 Å². The first-order valence-corrected chi connectivity index (χ1v) is 7.63. The van der Waals surface area contributed by atoms with Crippen molar-refractivity contribution in [2.75, 3.05) is 0 Å². The van der Waals surface area contributed by atoms with Crippen molar-refractivity contribution < 1.29 is 9.90 Å². The largest absolute Gasteiger partial charge is 0.508 e. The molecular formula is C16H20N2O2S. The van der Waals surface area contributed by atoms with Gasteiger partial charge in [-0.2, -0.15) is 0 Å². The van der Waals surface area contributed by atoms with Crippen LogP contribution in [0.5, 0.6) is 5.75 Å². The van der Waals surface area contributed by atoms with Crippen molar-refractivity contribution in [1.29, 1.82) is 0 Å². The fourth-order valence-corrected chi connectivity index (χ4v) is 3.52. The van der Waals surface area contributed by atoms with E-state index in [2.05, 4.69) is 37.1 Å². The summed E-state index contributed by atoms with van der Waals surface area (Å²) < 4.78 is 0. The van der Waals surface area contributed by atoms with Gasteiger partial charge < -0.3 is 10.4 Å². The molecule has 0 unspecified atom stereocenters. The summed E-state index contributed by atoms with van der Waals surface area (Å²) in [5.74, 6) is 0.365. The number of carbonyl (C=O) groups excluding carboxylic acids is 1. The zero-order chi connectivity index (χ0) is 15.2. The van der Waals surface area contributed by atoms with Crippen molar-refractivity contribution in [3.8, 4) is 5.75 Å². The number of Topliss-reactive ketones (excluding diaryl/α,β-unsaturated/α-hetero) is 1. The minimum atomic E-state index is -0.223. The molecule has 3 rings (SSSR count). The summed E-state index contributed by atoms with van der Waals surface area (Å²) in [7, 11) is 0. The Morgan fingerprint density at radius 3 is 2.81 bits per heavy atom. The number of phenols is 1. The van der Waals surface area contributed by atoms with Crippen LogP contribution in [0.25, 0.3) is 0 Å². The molecule has 1 aliphatic carbocycles. The highest BCUT2D eigenvalue weighted by Crippen LogP contribution is 2.42. The number of hydrogen-bond donors (Lipinski definition) is 4. The number of allylic oxidation sites excluding steroid dienone is 1. The lowest BCUT2D eigenvalue weighted by molar-refractivity contribution is -0.118. The molecule has 0 spiro atoms. The van der Waals surface area contributed by atoms with E-state index in [0.29, 0.717) is 6.42 Å². The maximum Gasteiger partial charge on any atom is 0.163 e. The number of thiol groups is 1. The summed E-state index contributed by atoms with van der Waals surface area (Å²) in [6, 6.07) is 6.81. The first-order valence-electron chi connectivity index (χ1n) is 7.11. The Labute approximate surface area is 130 Å². The van der Waals surface area contributed by atoms with E-state index in [-0.39, 0.29) is 28.5 Å². The number of phenolic OH excluding ortho intramolecular Hbond substituents is 1. The van der Waals surface area contributed by atoms with Crippen LogP contribution in [0.1, 0.15) is 38.3 Å². The predicted octanol–water partition coefficient (Wildman–Crippen LogP) is 2.48. The third kappa shape index (κ3) is 2.80. The van der Waals surface area contributed by atoms with E-state index >= 15 is 0 Å². The Bertz CT molecular complexity index is 624. The Morgan fingerprint density at radius 1 is 1.33 bits per heavy atom. The summed E-state index contributed by atoms with van der Waals surface area (Å²) in [6.45, 7) is 4.21. The first kappa shape index (κ1) is 14.5. The average molecular weight is 304 g/mol. The molecule has 0 radical (unpaired) electrons. The van der Waals surface area contributed by atoms with E-state index in [0.717, 1.165) is 23.3 Å². The summed E-state index contributed by atoms with van der Waals surface area (Å²) in [4.78, 5) is 12.6. The highest BCUT2D eigenvalue weighted by Gasteiger charge is 2.39. The van der Waals surface area contributed by atoms with Gasteiger partial charge in [0.25, 0.3) is 0 Å². The van der Waals surface area contributed by atoms with Gasteiger partial charge in [0, 0.05) is 17.7 Å². The summed E-state index contributed by atoms with van der Waals surface area (Å²) in [5, 5.41) is 16.2. The molecule has 3 N–H and O–H groups in total. The summed E-state index contributed by atoms with van der Waals surface area (Å²) >= 11 is 4.47. The zero-order valence-electron chi connectivity index (χ0n) is 12.2. The van der Waals surface area contributed by atoms with Crippen molar-refractivity contribution >= 4 is 18.4 Å². The number of benzene rings is 1. The lowest BCUT2D eigenvalue weighted by Crippen LogP contribution is -2.50. The van der Waals surface area contributed by atoms with Crippen LogP contribution >= 0.6 is 12.6 Å². The number of hydrogen-bond acceptors (Lipinski definition) is 5. The van der Waals surface area contributed by atoms with Gasteiger partial charge in [-0.05, 0) is 29.5 Å². The topological polar surface area (TPSA) is 61.4 Å². The second-order valence-electron chi connectivity index (χ2n) is 6.57. The van der Waals surface area contributed by atoms with Gasteiger partial charge in [-0.25, -0.2) is 0 Å². The molecule has 1 heterocycles. The molecule has 1 aromatic carbocycles. The van der Waals surface area contributed by atoms with Gasteiger partial charge in [-0.3, -0.25) is 10.1 Å². The molecule has 1 aromatic rings. The zero-order valence-corrected chi connectivity index (χ0v) is 13.1. The molecule has 0 amide bonds. The summed E-state index contributed by atoms with van der Waals surface area (Å²) in [5.41, 5.74) is 2.40. The monoisotopic (exact) mass is 304 g/mol. The van der Waals surface area contributed by atoms with Gasteiger partial charge in [0.2, 0.25) is 0 Å². The molecule has 0 aromatic heterocycles. The van der Waals surface area contributed by atoms with Crippen LogP contribution in [0.15, 0.2) is 35.5 Å². The van der Waals surface area contributed by atoms with E-state index in [9.17, 15) is 9.90 Å². The molecule has 112 valence electrons. The first-order chi connectivity index (χ1) is 9.85. The standard InChI is InChI=1S/C16H20N2O2S/c1-16(2)7-11-13(12(20)8-16)14(18-15(21)17-11)9-4-3-5-10(19)6-9/h3-6,14-15,17-19,21H,7-8H2,1-2H3/t14-,15-/m0/s1. The molecular weight excluding hydrogens is 284 g/mol. The van der Waals surface area contributed by atoms with E-state index in [4.69, 9.17) is 0 Å². The van der Waals surface area contributed by atoms with Gasteiger partial charge in [0.05, 0.1) is 6.04 Å². The third-order valence-corrected chi connectivity index (χ3v) is 4.33. The molecule has 0 saturated heterocycles. The van der Waals surface area contributed by atoms with Crippen LogP contribution in [0.2, 0.25) is 0 Å². The van der Waals surface area contributed by atoms with Gasteiger partial charge in [0.15, 0.2) is 5.78 Å². The minimum absolute atomic E-state index is 0.0306. The number of rotatable bonds is 1. The van der Waals surface area contributed by atoms with Crippen LogP contribution < -0.4 is 10.6 Å². The number of carbonyl (C=O) groups is 1. The van der Waals surface area contributed by atoms with Crippen molar-refractivity contribution in [3.05, 3.63) is 41.1 Å². The number of ketones is 1. The lowest BCUT2D eigenvalue weighted by Gasteiger charge is -2.41. The van der Waals surface area contributed by atoms with Crippen molar-refractivity contribution in [2.24, 2.45) is 5.41 Å². The molecule has 0 fully saturated rings. The van der Waals surface area contributed by atoms with Crippen LogP contribution in [0, 0.1) is 5.41 Å². The molecule has 0 saturated carbocycles. The van der Waals surface area contributed by atoms with E-state index < -0.39 is 0 Å². The number of aromatic hydroxyl groups is 1. The molecule has 5 heteroatoms. The van der Waals surface area contributed by atoms with Crippen molar-refractivity contribution in [2.45, 2.75) is 38.2 Å². The second-order valence-corrected chi connectivity index (χ2v) is 7.09. The van der Waals surface area contributed by atoms with Crippen LogP contribution in [0.4, 0.5) is 0 Å². The highest BCUT2D eigenvalue weighted by atomic mass is 32.1. The molecule has 2 aliphatic rings. The Balaban J connectivity index is 2.06. The van der Waals surface area contributed by atoms with Crippen LogP contribution in [0.3, 0.4) is 0 Å². The number of nitrogens with one attached hydrogen (secondary N) is 2. The molecule has 21 heavy (non-hydrogen) atoms. The maximum atomic E-state index is 12.6. The van der Waals surface area contributed by atoms with E-state index in [1.807, 2.05) is 6.07 Å². The maximum absolute atomic E-state index is 12.6. The third-order valence-electron chi connectivity index (χ3n) is 4.05. The van der Waals surface area contributed by atoms with Crippen LogP contribution in [-0.2, 0) is 4.79 Å². The summed E-state index contributed by atoms with van der Waals surface area (Å²) in [6.07, 6.45) is 1.38. The second kappa shape index (κ2) is 5.07. The predicted molar refractivity (Wildman–Crippen MR) is 84.9 cm³/mol. The molecule has 1 aliphatic heterocycles. The molecule has 4 nitrogen and oxygen atoms in total. The van der Waals surface area contributed by atoms with Crippen LogP contribution in [-0.4, -0.2) is 16.4 Å². The normalized spacial score (nSPS) is 28.0. The van der Waals surface area contributed by atoms with Gasteiger partial charge in [-0.1, -0.05) is 26.0 Å². The van der Waals surface area contributed by atoms with E-state index in [1.165, 1.54) is 0 Å². The highest BCUT2D eigenvalue weighted by molar-refractivity contribution is 7.80. The molecule has 0 bridgehead atoms. The SMILES string of the molecule is CC1(C)CC(=O)C2=C(C1)N[C@H](S)N[C@H]2c1cccc(O)c1. The van der Waals surface area contributed by atoms with Crippen molar-refractivity contribution in [3.63, 3.8) is 0 Å². The quantitative estimate of drug-likeness (QED) is 0.602. The fourth-order valence-electron chi connectivity index (χ4n) is 3.21. The van der Waals surface area contributed by atoms with E-state index in [1.54, 1.807) is 18.2 Å². The lowest BCUT2D eigenvalue weighted by atomic mass is 9.73. The molecule has 2 atom stereocenters. The van der Waals surface area contributed by atoms with Crippen molar-refractivity contribution in [1.82, 2.24) is 10.6 Å². The van der Waals surface area contributed by atoms with Gasteiger partial charge in [0.1, 0.15) is 11.2 Å². The van der Waals surface area contributed by atoms with Gasteiger partial charge in [-0.15, -0.1) is 12.6 Å². The Morgan fingerprint density at radius 2 is 2.10 bits per heavy atom. The average Bonchev–Trinajstić information content (AvgIpc) is 2.35. The fraction of sp³-hybridized carbons (Fsp3) is 0.438. The Hall–Kier alpha value is -1.46. The Kier molecular flexibility index (Phi) is 3.50. The minimum Gasteiger partial charge on any atom is -0.508 e. The smallest absolute Gasteiger partial charge is 0.163 e.